The predicted molar refractivity (Wildman–Crippen MR) is 131 cm³/mol. The minimum atomic E-state index is -1.09. The van der Waals surface area contributed by atoms with Crippen LogP contribution in [0.5, 0.6) is 5.75 Å². The Morgan fingerprint density at radius 1 is 1.15 bits per heavy atom. The summed E-state index contributed by atoms with van der Waals surface area (Å²) in [4.78, 5) is 23.3. The second-order valence-electron chi connectivity index (χ2n) is 8.69. The predicted octanol–water partition coefficient (Wildman–Crippen LogP) is 4.29. The summed E-state index contributed by atoms with van der Waals surface area (Å²) in [5.41, 5.74) is 2.10. The molecular weight excluding hydrogens is 436 g/mol. The molecule has 0 spiro atoms. The molecule has 1 saturated carbocycles. The molecular formula is C24H30N6O4. The molecule has 2 aromatic heterocycles. The van der Waals surface area contributed by atoms with Crippen molar-refractivity contribution in [2.75, 3.05) is 48.9 Å². The molecule has 1 aliphatic carbocycles. The molecule has 1 saturated heterocycles. The van der Waals surface area contributed by atoms with Crippen molar-refractivity contribution in [2.45, 2.75) is 38.1 Å². The molecule has 0 atom stereocenters. The van der Waals surface area contributed by atoms with Crippen LogP contribution in [0.25, 0.3) is 11.0 Å². The lowest BCUT2D eigenvalue weighted by Crippen LogP contribution is -2.36. The molecule has 10 heteroatoms. The zero-order valence-corrected chi connectivity index (χ0v) is 19.3. The van der Waals surface area contributed by atoms with Gasteiger partial charge in [0.1, 0.15) is 11.6 Å². The summed E-state index contributed by atoms with van der Waals surface area (Å²) in [6.07, 6.45) is 6.18. The number of hydrogen-bond donors (Lipinski definition) is 3. The van der Waals surface area contributed by atoms with Gasteiger partial charge in [-0.3, -0.25) is 0 Å². The van der Waals surface area contributed by atoms with Gasteiger partial charge in [-0.2, -0.15) is 9.97 Å². The highest BCUT2D eigenvalue weighted by atomic mass is 16.5. The summed E-state index contributed by atoms with van der Waals surface area (Å²) in [6.45, 7) is 3.07. The largest absolute Gasteiger partial charge is 0.494 e. The van der Waals surface area contributed by atoms with Crippen molar-refractivity contribution in [3.05, 3.63) is 30.5 Å². The first-order valence-electron chi connectivity index (χ1n) is 11.8. The van der Waals surface area contributed by atoms with Gasteiger partial charge in [0, 0.05) is 37.1 Å². The minimum absolute atomic E-state index is 0.310. The normalized spacial score (nSPS) is 17.0. The number of hydrogen-bond acceptors (Lipinski definition) is 8. The van der Waals surface area contributed by atoms with Crippen LogP contribution in [0, 0.1) is 0 Å². The van der Waals surface area contributed by atoms with Gasteiger partial charge in [0.2, 0.25) is 5.95 Å². The van der Waals surface area contributed by atoms with Crippen molar-refractivity contribution in [1.82, 2.24) is 14.5 Å². The van der Waals surface area contributed by atoms with E-state index >= 15 is 0 Å². The van der Waals surface area contributed by atoms with E-state index in [1.54, 1.807) is 13.2 Å². The Bertz CT molecular complexity index is 1170. The summed E-state index contributed by atoms with van der Waals surface area (Å²) in [5, 5.41) is 17.1. The van der Waals surface area contributed by atoms with Crippen molar-refractivity contribution < 1.29 is 19.4 Å². The van der Waals surface area contributed by atoms with Crippen molar-refractivity contribution >= 4 is 40.3 Å². The van der Waals surface area contributed by atoms with E-state index in [9.17, 15) is 9.90 Å². The smallest absolute Gasteiger partial charge is 0.417 e. The van der Waals surface area contributed by atoms with E-state index in [0.29, 0.717) is 53.5 Å². The molecule has 1 aliphatic heterocycles. The van der Waals surface area contributed by atoms with E-state index in [-0.39, 0.29) is 0 Å². The Morgan fingerprint density at radius 3 is 2.68 bits per heavy atom. The molecule has 2 aliphatic rings. The van der Waals surface area contributed by atoms with Gasteiger partial charge < -0.3 is 30.1 Å². The highest BCUT2D eigenvalue weighted by Gasteiger charge is 2.20. The number of benzene rings is 1. The van der Waals surface area contributed by atoms with Crippen LogP contribution in [-0.2, 0) is 4.74 Å². The molecule has 2 fully saturated rings. The number of nitrogens with one attached hydrogen (secondary N) is 2. The van der Waals surface area contributed by atoms with Gasteiger partial charge in [-0.05, 0) is 31.0 Å². The number of aromatic nitrogens is 3. The third-order valence-corrected chi connectivity index (χ3v) is 6.50. The third-order valence-electron chi connectivity index (χ3n) is 6.50. The number of carboxylic acid groups (broad SMARTS) is 1. The average Bonchev–Trinajstić information content (AvgIpc) is 3.30. The molecule has 1 aromatic carbocycles. The highest BCUT2D eigenvalue weighted by molar-refractivity contribution is 5.94. The van der Waals surface area contributed by atoms with Gasteiger partial charge in [0.25, 0.3) is 0 Å². The Balaban J connectivity index is 1.47. The first-order chi connectivity index (χ1) is 16.6. The van der Waals surface area contributed by atoms with Gasteiger partial charge in [0.05, 0.1) is 31.4 Å². The molecule has 3 heterocycles. The lowest BCUT2D eigenvalue weighted by atomic mass is 9.95. The highest BCUT2D eigenvalue weighted by Crippen LogP contribution is 2.33. The molecule has 10 nitrogen and oxygen atoms in total. The molecule has 34 heavy (non-hydrogen) atoms. The summed E-state index contributed by atoms with van der Waals surface area (Å²) in [5.74, 6) is 1.61. The molecule has 0 radical (unpaired) electrons. The van der Waals surface area contributed by atoms with Crippen LogP contribution in [0.1, 0.15) is 32.1 Å². The molecule has 0 amide bonds. The van der Waals surface area contributed by atoms with E-state index in [0.717, 1.165) is 36.2 Å². The van der Waals surface area contributed by atoms with Crippen molar-refractivity contribution in [3.8, 4) is 5.75 Å². The SMILES string of the molecule is COc1cc(N2CCOCC2)ccc1Nc1nc(NC2CCCCC2)c2ccn(C(=O)O)c2n1. The van der Waals surface area contributed by atoms with E-state index < -0.39 is 6.09 Å². The maximum absolute atomic E-state index is 11.8. The number of methoxy groups -OCH3 is 1. The Kier molecular flexibility index (Phi) is 6.39. The molecule has 3 aromatic rings. The number of nitrogens with zero attached hydrogens (tertiary/aromatic N) is 4. The molecule has 0 bridgehead atoms. The fourth-order valence-corrected chi connectivity index (χ4v) is 4.70. The quantitative estimate of drug-likeness (QED) is 0.489. The van der Waals surface area contributed by atoms with Crippen LogP contribution >= 0.6 is 0 Å². The van der Waals surface area contributed by atoms with Crippen LogP contribution in [0.4, 0.5) is 27.9 Å². The minimum Gasteiger partial charge on any atom is -0.494 e. The summed E-state index contributed by atoms with van der Waals surface area (Å²) in [6, 6.07) is 8.00. The second kappa shape index (κ2) is 9.76. The topological polar surface area (TPSA) is 114 Å². The lowest BCUT2D eigenvalue weighted by molar-refractivity contribution is 0.122. The summed E-state index contributed by atoms with van der Waals surface area (Å²) < 4.78 is 12.2. The average molecular weight is 467 g/mol. The van der Waals surface area contributed by atoms with Gasteiger partial charge in [-0.25, -0.2) is 9.36 Å². The lowest BCUT2D eigenvalue weighted by Gasteiger charge is -2.29. The van der Waals surface area contributed by atoms with Gasteiger partial charge in [0.15, 0.2) is 5.65 Å². The molecule has 5 rings (SSSR count). The zero-order chi connectivity index (χ0) is 23.5. The van der Waals surface area contributed by atoms with Crippen LogP contribution in [-0.4, -0.2) is 65.2 Å². The van der Waals surface area contributed by atoms with Crippen molar-refractivity contribution in [1.29, 1.82) is 0 Å². The standard InChI is InChI=1S/C24H30N6O4/c1-33-20-15-17(29-11-13-34-14-12-29)7-8-19(20)26-23-27-21(25-16-5-3-2-4-6-16)18-9-10-30(24(31)32)22(18)28-23/h7-10,15-16H,2-6,11-14H2,1H3,(H,31,32)(H2,25,26,27,28). The van der Waals surface area contributed by atoms with Crippen LogP contribution in [0.3, 0.4) is 0 Å². The summed E-state index contributed by atoms with van der Waals surface area (Å²) >= 11 is 0. The fraction of sp³-hybridized carbons (Fsp3) is 0.458. The van der Waals surface area contributed by atoms with Crippen molar-refractivity contribution in [3.63, 3.8) is 0 Å². The number of morpholine rings is 1. The first-order valence-corrected chi connectivity index (χ1v) is 11.8. The Labute approximate surface area is 197 Å². The fourth-order valence-electron chi connectivity index (χ4n) is 4.70. The maximum Gasteiger partial charge on any atom is 0.417 e. The van der Waals surface area contributed by atoms with E-state index in [2.05, 4.69) is 20.5 Å². The van der Waals surface area contributed by atoms with E-state index in [4.69, 9.17) is 14.5 Å². The maximum atomic E-state index is 11.8. The molecule has 0 unspecified atom stereocenters. The number of fused-ring (bicyclic) bond motifs is 1. The monoisotopic (exact) mass is 466 g/mol. The number of rotatable bonds is 6. The first kappa shape index (κ1) is 22.3. The van der Waals surface area contributed by atoms with Crippen LogP contribution < -0.4 is 20.3 Å². The number of anilines is 4. The Hall–Kier alpha value is -3.53. The van der Waals surface area contributed by atoms with Gasteiger partial charge in [-0.1, -0.05) is 19.3 Å². The summed E-state index contributed by atoms with van der Waals surface area (Å²) in [7, 11) is 1.62. The van der Waals surface area contributed by atoms with Crippen LogP contribution in [0.15, 0.2) is 30.5 Å². The number of ether oxygens (including phenoxy) is 2. The van der Waals surface area contributed by atoms with Crippen LogP contribution in [0.2, 0.25) is 0 Å². The Morgan fingerprint density at radius 2 is 1.94 bits per heavy atom. The van der Waals surface area contributed by atoms with Gasteiger partial charge in [-0.15, -0.1) is 0 Å². The van der Waals surface area contributed by atoms with Crippen molar-refractivity contribution in [2.24, 2.45) is 0 Å². The van der Waals surface area contributed by atoms with E-state index in [1.165, 1.54) is 25.5 Å². The molecule has 180 valence electrons. The zero-order valence-electron chi connectivity index (χ0n) is 19.3. The second-order valence-corrected chi connectivity index (χ2v) is 8.69. The molecule has 3 N–H and O–H groups in total. The third kappa shape index (κ3) is 4.58. The number of carbonyl (C=O) groups is 1. The van der Waals surface area contributed by atoms with E-state index in [1.807, 2.05) is 18.2 Å². The van der Waals surface area contributed by atoms with Gasteiger partial charge >= 0.3 is 6.09 Å².